The molecule has 8 heteroatoms. The summed E-state index contributed by atoms with van der Waals surface area (Å²) >= 11 is 0. The molecule has 0 radical (unpaired) electrons. The van der Waals surface area contributed by atoms with E-state index in [4.69, 9.17) is 10.3 Å². The van der Waals surface area contributed by atoms with Crippen LogP contribution in [-0.4, -0.2) is 24.0 Å². The van der Waals surface area contributed by atoms with Crippen LogP contribution >= 0.6 is 0 Å². The molecule has 88 valence electrons. The van der Waals surface area contributed by atoms with Crippen LogP contribution in [-0.2, 0) is 14.9 Å². The topological polar surface area (TPSA) is 130 Å². The van der Waals surface area contributed by atoms with Gasteiger partial charge in [0.15, 0.2) is 5.75 Å². The lowest BCUT2D eigenvalue weighted by molar-refractivity contribution is -0.114. The van der Waals surface area contributed by atoms with E-state index in [0.29, 0.717) is 0 Å². The van der Waals surface area contributed by atoms with Crippen molar-refractivity contribution in [2.45, 2.75) is 11.8 Å². The number of hydrogen-bond acceptors (Lipinski definition) is 5. The summed E-state index contributed by atoms with van der Waals surface area (Å²) in [5.74, 6) is -1.22. The van der Waals surface area contributed by atoms with Crippen molar-refractivity contribution in [2.24, 2.45) is 0 Å². The molecule has 0 atom stereocenters. The van der Waals surface area contributed by atoms with Gasteiger partial charge in [-0.3, -0.25) is 9.35 Å². The molecule has 1 aromatic carbocycles. The number of aromatic hydroxyl groups is 1. The summed E-state index contributed by atoms with van der Waals surface area (Å²) in [6.07, 6.45) is 0. The lowest BCUT2D eigenvalue weighted by Gasteiger charge is -2.09. The van der Waals surface area contributed by atoms with Gasteiger partial charge in [0.1, 0.15) is 4.90 Å². The zero-order chi connectivity index (χ0) is 12.5. The lowest BCUT2D eigenvalue weighted by Crippen LogP contribution is -2.09. The zero-order valence-corrected chi connectivity index (χ0v) is 9.08. The highest BCUT2D eigenvalue weighted by Crippen LogP contribution is 2.34. The Morgan fingerprint density at radius 1 is 1.44 bits per heavy atom. The molecule has 0 aliphatic rings. The predicted molar refractivity (Wildman–Crippen MR) is 56.6 cm³/mol. The molecule has 1 amide bonds. The van der Waals surface area contributed by atoms with Gasteiger partial charge in [-0.25, -0.2) is 0 Å². The second-order valence-corrected chi connectivity index (χ2v) is 4.42. The third-order valence-corrected chi connectivity index (χ3v) is 2.65. The summed E-state index contributed by atoms with van der Waals surface area (Å²) < 4.78 is 30.3. The molecule has 0 fully saturated rings. The Kier molecular flexibility index (Phi) is 3.06. The van der Waals surface area contributed by atoms with Crippen LogP contribution in [0.15, 0.2) is 17.0 Å². The van der Waals surface area contributed by atoms with Gasteiger partial charge in [0.25, 0.3) is 10.1 Å². The van der Waals surface area contributed by atoms with E-state index < -0.39 is 26.7 Å². The van der Waals surface area contributed by atoms with Gasteiger partial charge in [-0.2, -0.15) is 8.42 Å². The highest BCUT2D eigenvalue weighted by Gasteiger charge is 2.19. The predicted octanol–water partition coefficient (Wildman–Crippen LogP) is 0.179. The third kappa shape index (κ3) is 2.41. The van der Waals surface area contributed by atoms with E-state index in [-0.39, 0.29) is 11.4 Å². The highest BCUT2D eigenvalue weighted by molar-refractivity contribution is 7.86. The molecular weight excluding hydrogens is 236 g/mol. The minimum atomic E-state index is -4.54. The van der Waals surface area contributed by atoms with Crippen LogP contribution in [0.1, 0.15) is 6.92 Å². The normalized spacial score (nSPS) is 11.1. The number of carbonyl (C=O) groups excluding carboxylic acids is 1. The third-order valence-electron chi connectivity index (χ3n) is 1.77. The molecule has 0 bridgehead atoms. The first-order valence-corrected chi connectivity index (χ1v) is 5.54. The van der Waals surface area contributed by atoms with Crippen LogP contribution in [0, 0.1) is 0 Å². The fourth-order valence-electron chi connectivity index (χ4n) is 1.09. The van der Waals surface area contributed by atoms with Crippen molar-refractivity contribution in [1.82, 2.24) is 0 Å². The second kappa shape index (κ2) is 3.99. The number of rotatable bonds is 2. The van der Waals surface area contributed by atoms with Crippen LogP contribution < -0.4 is 11.1 Å². The SMILES string of the molecule is CC(=O)Nc1ccc(S(=O)(=O)O)c(O)c1N. The first-order valence-electron chi connectivity index (χ1n) is 4.10. The number of nitrogens with two attached hydrogens (primary N) is 1. The molecule has 1 aromatic rings. The molecule has 0 saturated heterocycles. The fraction of sp³-hybridized carbons (Fsp3) is 0.125. The van der Waals surface area contributed by atoms with E-state index in [1.807, 2.05) is 0 Å². The van der Waals surface area contributed by atoms with Crippen LogP contribution in [0.2, 0.25) is 0 Å². The van der Waals surface area contributed by atoms with Crippen LogP contribution in [0.4, 0.5) is 11.4 Å². The van der Waals surface area contributed by atoms with Gasteiger partial charge in [-0.15, -0.1) is 0 Å². The number of anilines is 2. The fourth-order valence-corrected chi connectivity index (χ4v) is 1.69. The average Bonchev–Trinajstić information content (AvgIpc) is 2.10. The lowest BCUT2D eigenvalue weighted by atomic mass is 10.2. The van der Waals surface area contributed by atoms with Crippen molar-refractivity contribution >= 4 is 27.4 Å². The number of carbonyl (C=O) groups is 1. The van der Waals surface area contributed by atoms with Gasteiger partial charge in [0.05, 0.1) is 11.4 Å². The highest BCUT2D eigenvalue weighted by atomic mass is 32.2. The number of phenols is 1. The number of nitrogens with one attached hydrogen (secondary N) is 1. The van der Waals surface area contributed by atoms with Crippen molar-refractivity contribution in [3.8, 4) is 5.75 Å². The Morgan fingerprint density at radius 2 is 2.00 bits per heavy atom. The molecule has 0 aromatic heterocycles. The maximum Gasteiger partial charge on any atom is 0.298 e. The van der Waals surface area contributed by atoms with E-state index in [0.717, 1.165) is 6.07 Å². The van der Waals surface area contributed by atoms with Crippen molar-refractivity contribution in [2.75, 3.05) is 11.1 Å². The largest absolute Gasteiger partial charge is 0.504 e. The van der Waals surface area contributed by atoms with Crippen LogP contribution in [0.25, 0.3) is 0 Å². The van der Waals surface area contributed by atoms with Crippen molar-refractivity contribution in [1.29, 1.82) is 0 Å². The Hall–Kier alpha value is -1.80. The first-order chi connectivity index (χ1) is 7.23. The number of hydrogen-bond donors (Lipinski definition) is 4. The Morgan fingerprint density at radius 3 is 2.44 bits per heavy atom. The molecule has 0 saturated carbocycles. The van der Waals surface area contributed by atoms with E-state index in [2.05, 4.69) is 5.32 Å². The number of benzene rings is 1. The molecule has 0 aliphatic heterocycles. The van der Waals surface area contributed by atoms with E-state index >= 15 is 0 Å². The van der Waals surface area contributed by atoms with E-state index in [1.54, 1.807) is 0 Å². The minimum Gasteiger partial charge on any atom is -0.504 e. The summed E-state index contributed by atoms with van der Waals surface area (Å²) in [4.78, 5) is 10.0. The number of amides is 1. The molecule has 16 heavy (non-hydrogen) atoms. The van der Waals surface area contributed by atoms with Crippen molar-refractivity contribution in [3.63, 3.8) is 0 Å². The Balaban J connectivity index is 3.35. The molecule has 0 heterocycles. The van der Waals surface area contributed by atoms with Gasteiger partial charge >= 0.3 is 0 Å². The minimum absolute atomic E-state index is 0.0670. The van der Waals surface area contributed by atoms with Crippen LogP contribution in [0.5, 0.6) is 5.75 Å². The van der Waals surface area contributed by atoms with E-state index in [1.165, 1.54) is 13.0 Å². The van der Waals surface area contributed by atoms with Crippen molar-refractivity contribution < 1.29 is 22.9 Å². The van der Waals surface area contributed by atoms with Gasteiger partial charge in [0.2, 0.25) is 5.91 Å². The van der Waals surface area contributed by atoms with Gasteiger partial charge < -0.3 is 16.2 Å². The summed E-state index contributed by atoms with van der Waals surface area (Å²) in [6.45, 7) is 1.23. The molecular formula is C8H10N2O5S. The molecule has 0 spiro atoms. The smallest absolute Gasteiger partial charge is 0.298 e. The second-order valence-electron chi connectivity index (χ2n) is 3.03. The number of nitrogen functional groups attached to an aromatic ring is 1. The molecule has 0 unspecified atom stereocenters. The summed E-state index contributed by atoms with van der Waals surface area (Å²) in [5.41, 5.74) is 5.13. The standard InChI is InChI=1S/C8H10N2O5S/c1-4(11)10-5-2-3-6(16(13,14)15)8(12)7(5)9/h2-3,12H,9H2,1H3,(H,10,11)(H,13,14,15). The Bertz CT molecular complexity index is 538. The van der Waals surface area contributed by atoms with Gasteiger partial charge in [-0.1, -0.05) is 0 Å². The zero-order valence-electron chi connectivity index (χ0n) is 8.26. The molecule has 1 rings (SSSR count). The average molecular weight is 246 g/mol. The summed E-state index contributed by atoms with van der Waals surface area (Å²) in [6, 6.07) is 2.10. The van der Waals surface area contributed by atoms with Gasteiger partial charge in [0, 0.05) is 6.92 Å². The number of phenolic OH excluding ortho intramolecular Hbond substituents is 1. The van der Waals surface area contributed by atoms with Crippen LogP contribution in [0.3, 0.4) is 0 Å². The molecule has 7 nitrogen and oxygen atoms in total. The maximum absolute atomic E-state index is 10.8. The van der Waals surface area contributed by atoms with E-state index in [9.17, 15) is 18.3 Å². The summed E-state index contributed by atoms with van der Waals surface area (Å²) in [7, 11) is -4.54. The maximum atomic E-state index is 10.8. The summed E-state index contributed by atoms with van der Waals surface area (Å²) in [5, 5.41) is 11.7. The Labute approximate surface area is 91.6 Å². The van der Waals surface area contributed by atoms with Crippen molar-refractivity contribution in [3.05, 3.63) is 12.1 Å². The monoisotopic (exact) mass is 246 g/mol. The molecule has 5 N–H and O–H groups in total. The first kappa shape index (κ1) is 12.3. The molecule has 0 aliphatic carbocycles. The quantitative estimate of drug-likeness (QED) is 0.334. The van der Waals surface area contributed by atoms with Gasteiger partial charge in [-0.05, 0) is 12.1 Å².